The van der Waals surface area contributed by atoms with Crippen LogP contribution in [0.3, 0.4) is 0 Å². The van der Waals surface area contributed by atoms with E-state index in [0.29, 0.717) is 12.0 Å². The number of aliphatic carboxylic acids is 1. The maximum absolute atomic E-state index is 14.9. The van der Waals surface area contributed by atoms with Gasteiger partial charge in [0, 0.05) is 32.3 Å². The fourth-order valence-electron chi connectivity index (χ4n) is 9.28. The summed E-state index contributed by atoms with van der Waals surface area (Å²) in [5, 5.41) is 69.4. The Morgan fingerprint density at radius 2 is 1.57 bits per heavy atom. The monoisotopic (exact) mass is 1080 g/mol. The number of benzene rings is 3. The van der Waals surface area contributed by atoms with Crippen molar-refractivity contribution in [1.29, 1.82) is 0 Å². The molecular weight excluding hydrogens is 1000 g/mol. The van der Waals surface area contributed by atoms with Crippen LogP contribution < -0.4 is 46.5 Å². The number of carboxylic acid groups (broad SMARTS) is 1. The lowest BCUT2D eigenvalue weighted by molar-refractivity contribution is -0.385. The van der Waals surface area contributed by atoms with E-state index in [0.717, 1.165) is 51.5 Å². The number of nitrogens with zero attached hydrogens (tertiary/aromatic N) is 1. The molecule has 0 aromatic heterocycles. The van der Waals surface area contributed by atoms with E-state index in [-0.39, 0.29) is 48.5 Å². The van der Waals surface area contributed by atoms with Crippen LogP contribution in [0.4, 0.5) is 5.69 Å². The molecule has 0 saturated carbocycles. The highest BCUT2D eigenvalue weighted by atomic mass is 16.7. The summed E-state index contributed by atoms with van der Waals surface area (Å²) < 4.78 is 24.4. The van der Waals surface area contributed by atoms with Gasteiger partial charge in [0.05, 0.1) is 30.7 Å². The van der Waals surface area contributed by atoms with Gasteiger partial charge in [0.2, 0.25) is 47.3 Å². The van der Waals surface area contributed by atoms with Gasteiger partial charge in [-0.25, -0.2) is 4.79 Å². The number of methoxy groups -OCH3 is 1. The molecule has 1 fully saturated rings. The van der Waals surface area contributed by atoms with Gasteiger partial charge in [-0.2, -0.15) is 0 Å². The van der Waals surface area contributed by atoms with Crippen molar-refractivity contribution in [3.8, 4) is 23.0 Å². The van der Waals surface area contributed by atoms with Crippen molar-refractivity contribution in [2.24, 2.45) is 11.7 Å². The number of ether oxygens (including phenoxy) is 4. The number of aliphatic hydroxyl groups excluding tert-OH is 3. The molecule has 10 atom stereocenters. The van der Waals surface area contributed by atoms with Gasteiger partial charge in [-0.3, -0.25) is 34.1 Å². The minimum absolute atomic E-state index is 0.0126. The predicted octanol–water partition coefficient (Wildman–Crippen LogP) is 3.51. The summed E-state index contributed by atoms with van der Waals surface area (Å²) in [5.41, 5.74) is 6.06. The van der Waals surface area contributed by atoms with E-state index < -0.39 is 131 Å². The second-order valence-electron chi connectivity index (χ2n) is 20.0. The van der Waals surface area contributed by atoms with Crippen LogP contribution in [0.15, 0.2) is 60.7 Å². The molecule has 11 N–H and O–H groups in total. The maximum Gasteiger partial charge on any atom is 0.328 e. The maximum atomic E-state index is 14.9. The summed E-state index contributed by atoms with van der Waals surface area (Å²) in [6.45, 7) is 6.06. The largest absolute Gasteiger partial charge is 0.490 e. The molecule has 3 aliphatic heterocycles. The van der Waals surface area contributed by atoms with Crippen LogP contribution in [-0.4, -0.2) is 129 Å². The Morgan fingerprint density at radius 1 is 0.896 bits per heavy atom. The Bertz CT molecular complexity index is 2500. The van der Waals surface area contributed by atoms with E-state index in [2.05, 4.69) is 33.5 Å². The lowest BCUT2D eigenvalue weighted by atomic mass is 9.95. The first-order chi connectivity index (χ1) is 36.7. The Hall–Kier alpha value is -6.92. The number of carboxylic acids is 1. The minimum Gasteiger partial charge on any atom is -0.490 e. The predicted molar refractivity (Wildman–Crippen MR) is 280 cm³/mol. The number of hydrogen-bond donors (Lipinski definition) is 10. The number of nitro benzene ring substituents is 1. The Morgan fingerprint density at radius 3 is 2.18 bits per heavy atom. The number of nitrogens with one attached hydrogen (secondary N) is 5. The van der Waals surface area contributed by atoms with Crippen LogP contribution in [0.2, 0.25) is 0 Å². The third kappa shape index (κ3) is 17.6. The third-order valence-corrected chi connectivity index (χ3v) is 13.3. The number of carbonyl (C=O) groups excluding carboxylic acids is 5. The smallest absolute Gasteiger partial charge is 0.328 e. The van der Waals surface area contributed by atoms with Gasteiger partial charge >= 0.3 is 11.7 Å². The zero-order valence-corrected chi connectivity index (χ0v) is 44.2. The summed E-state index contributed by atoms with van der Waals surface area (Å²) in [6, 6.07) is 5.10. The molecule has 1 saturated heterocycles. The molecule has 6 rings (SSSR count). The first-order valence-electron chi connectivity index (χ1n) is 26.2. The summed E-state index contributed by atoms with van der Waals surface area (Å²) >= 11 is 0. The number of rotatable bonds is 25. The highest BCUT2D eigenvalue weighted by Gasteiger charge is 2.47. The number of nitrogens with two attached hydrogens (primary N) is 1. The van der Waals surface area contributed by atoms with Crippen molar-refractivity contribution < 1.29 is 73.1 Å². The second kappa shape index (κ2) is 29.6. The normalized spacial score (nSPS) is 22.4. The third-order valence-electron chi connectivity index (χ3n) is 13.3. The molecule has 4 bridgehead atoms. The van der Waals surface area contributed by atoms with Crippen molar-refractivity contribution in [3.05, 3.63) is 87.5 Å². The van der Waals surface area contributed by atoms with Gasteiger partial charge in [-0.1, -0.05) is 109 Å². The summed E-state index contributed by atoms with van der Waals surface area (Å²) in [7, 11) is 1.18. The number of unbranched alkanes of at least 4 members (excludes halogenated alkanes) is 8. The molecule has 0 spiro atoms. The topological polar surface area (TPSA) is 350 Å². The molecule has 0 aliphatic carbocycles. The minimum atomic E-state index is -2.00. The Balaban J connectivity index is 1.66. The van der Waals surface area contributed by atoms with Gasteiger partial charge in [0.25, 0.3) is 0 Å². The van der Waals surface area contributed by atoms with Crippen LogP contribution in [0, 0.1) is 16.0 Å². The zero-order chi connectivity index (χ0) is 56.3. The van der Waals surface area contributed by atoms with Crippen LogP contribution in [0.25, 0.3) is 0 Å². The molecule has 5 amide bonds. The van der Waals surface area contributed by atoms with E-state index in [1.807, 2.05) is 13.8 Å². The van der Waals surface area contributed by atoms with Crippen molar-refractivity contribution in [3.63, 3.8) is 0 Å². The van der Waals surface area contributed by atoms with Crippen LogP contribution in [0.5, 0.6) is 23.0 Å². The highest BCUT2D eigenvalue weighted by Crippen LogP contribution is 2.45. The summed E-state index contributed by atoms with van der Waals surface area (Å²) in [6.07, 6.45) is 1.88. The van der Waals surface area contributed by atoms with Crippen molar-refractivity contribution in [2.45, 2.75) is 172 Å². The van der Waals surface area contributed by atoms with Crippen LogP contribution in [-0.2, 0) is 46.3 Å². The molecule has 3 heterocycles. The van der Waals surface area contributed by atoms with Crippen LogP contribution >= 0.6 is 0 Å². The number of carbonyl (C=O) groups is 6. The molecule has 422 valence electrons. The molecule has 77 heavy (non-hydrogen) atoms. The van der Waals surface area contributed by atoms with E-state index in [4.69, 9.17) is 24.7 Å². The molecule has 3 aromatic rings. The summed E-state index contributed by atoms with van der Waals surface area (Å²) in [5.74, 6) is -7.21. The lowest BCUT2D eigenvalue weighted by Gasteiger charge is -2.42. The standard InChI is InChI=1S/C54H75N7O16/c1-6-7-8-9-10-11-12-13-17-20-43(64)59-46-48(66)47(65)42(29-62)77-54(46)76-41-28-34-27-40(49(41)74-5)75-39-22-21-33(26-38(39)61(72)73)25-37(57-50(67)35(55)23-30(2)3)51(68)58-36(24-32-18-15-14-16-19-32)52(69)60-44(34)45(53(70)71)56-31(4)63/h14-16,18-19,21-22,26-28,30,35-37,42,44-48,54,62,65-66H,6-13,17,20,23-25,29,55H2,1-5H3,(H,56,63)(H,57,67)(H,58,68)(H,59,64)(H,60,69)(H,70,71)/t35-,36+,37-,42-,44-,45-,46-,47-,48-,54-/m1/s1. The van der Waals surface area contributed by atoms with Crippen molar-refractivity contribution in [2.75, 3.05) is 13.7 Å². The van der Waals surface area contributed by atoms with Crippen molar-refractivity contribution in [1.82, 2.24) is 26.6 Å². The molecule has 0 radical (unpaired) electrons. The Labute approximate surface area is 447 Å². The van der Waals surface area contributed by atoms with E-state index >= 15 is 0 Å². The number of nitro groups is 1. The van der Waals surface area contributed by atoms with E-state index in [9.17, 15) is 59.3 Å². The number of fused-ring (bicyclic) bond motifs is 9. The van der Waals surface area contributed by atoms with Crippen molar-refractivity contribution >= 4 is 41.2 Å². The quantitative estimate of drug-likeness (QED) is 0.0330. The zero-order valence-electron chi connectivity index (χ0n) is 44.2. The first kappa shape index (κ1) is 60.9. The van der Waals surface area contributed by atoms with Gasteiger partial charge in [-0.05, 0) is 53.6 Å². The molecule has 3 aromatic carbocycles. The molecule has 0 unspecified atom stereocenters. The molecule has 3 aliphatic rings. The molecule has 23 nitrogen and oxygen atoms in total. The SMILES string of the molecule is CCCCCCCCCCCC(=O)N[C@H]1[C@H](Oc2cc3cc(c2OC)Oc2ccc(cc2[N+](=O)[O-])C[C@@H](NC(=O)[C@H](N)CC(C)C)C(=O)N[C@@H](Cc2ccccc2)C(=O)N[C@H]3[C@@H](NC(C)=O)C(=O)O)O[C@H](CO)[C@@H](O)[C@@H]1O. The Kier molecular flexibility index (Phi) is 23.4. The first-order valence-corrected chi connectivity index (χ1v) is 26.2. The number of hydrogen-bond acceptors (Lipinski definition) is 16. The summed E-state index contributed by atoms with van der Waals surface area (Å²) in [4.78, 5) is 94.6. The molecule has 23 heteroatoms. The number of aliphatic hydroxyl groups is 3. The van der Waals surface area contributed by atoms with Crippen LogP contribution in [0.1, 0.15) is 121 Å². The van der Waals surface area contributed by atoms with Gasteiger partial charge < -0.3 is 71.7 Å². The van der Waals surface area contributed by atoms with Gasteiger partial charge in [0.15, 0.2) is 17.5 Å². The van der Waals surface area contributed by atoms with E-state index in [1.165, 1.54) is 44.2 Å². The highest BCUT2D eigenvalue weighted by molar-refractivity contribution is 5.94. The van der Waals surface area contributed by atoms with E-state index in [1.54, 1.807) is 30.3 Å². The second-order valence-corrected chi connectivity index (χ2v) is 20.0. The molecular formula is C54H75N7O16. The lowest BCUT2D eigenvalue weighted by Crippen LogP contribution is -2.65. The fraction of sp³-hybridized carbons (Fsp3) is 0.556. The van der Waals surface area contributed by atoms with Gasteiger partial charge in [0.1, 0.15) is 36.4 Å². The number of amides is 5. The average Bonchev–Trinajstić information content (AvgIpc) is 3.38. The fourth-order valence-corrected chi connectivity index (χ4v) is 9.28. The van der Waals surface area contributed by atoms with Gasteiger partial charge in [-0.15, -0.1) is 0 Å². The average molecular weight is 1080 g/mol.